The van der Waals surface area contributed by atoms with Gasteiger partial charge in [-0.05, 0) is 60.5 Å². The van der Waals surface area contributed by atoms with Gasteiger partial charge in [0.05, 0.1) is 15.5 Å². The number of nitrogens with one attached hydrogen (secondary N) is 1. The summed E-state index contributed by atoms with van der Waals surface area (Å²) in [5, 5.41) is 2.67. The molecule has 3 aromatic rings. The molecule has 0 aliphatic heterocycles. The summed E-state index contributed by atoms with van der Waals surface area (Å²) in [6.45, 7) is 5.77. The van der Waals surface area contributed by atoms with Crippen molar-refractivity contribution in [2.24, 2.45) is 0 Å². The summed E-state index contributed by atoms with van der Waals surface area (Å²) in [5.74, 6) is -0.562. The lowest BCUT2D eigenvalue weighted by Crippen LogP contribution is -2.38. The molecule has 0 aliphatic rings. The van der Waals surface area contributed by atoms with E-state index in [2.05, 4.69) is 5.32 Å². The molecule has 192 valence electrons. The van der Waals surface area contributed by atoms with Gasteiger partial charge in [0.15, 0.2) is 0 Å². The van der Waals surface area contributed by atoms with Gasteiger partial charge in [0.2, 0.25) is 15.9 Å². The fraction of sp³-hybridized carbons (Fsp3) is 0.269. The minimum Gasteiger partial charge on any atom is -0.325 e. The van der Waals surface area contributed by atoms with Crippen molar-refractivity contribution >= 4 is 37.3 Å². The highest BCUT2D eigenvalue weighted by atomic mass is 32.2. The first kappa shape index (κ1) is 27.4. The smallest absolute Gasteiger partial charge is 0.264 e. The minimum atomic E-state index is -4.01. The van der Waals surface area contributed by atoms with Crippen molar-refractivity contribution in [3.8, 4) is 0 Å². The molecule has 0 radical (unpaired) electrons. The van der Waals surface area contributed by atoms with Gasteiger partial charge in [-0.15, -0.1) is 0 Å². The van der Waals surface area contributed by atoms with Crippen molar-refractivity contribution in [2.45, 2.75) is 37.0 Å². The minimum absolute atomic E-state index is 0.0725. The van der Waals surface area contributed by atoms with E-state index in [4.69, 9.17) is 0 Å². The SMILES string of the molecule is CCc1ccc(N(CC(=O)Nc2ccc(S(=O)(=O)N(CC)CC)cc2)S(=O)(=O)c2ccccc2)cc1. The number of hydrogen-bond acceptors (Lipinski definition) is 5. The summed E-state index contributed by atoms with van der Waals surface area (Å²) in [6, 6.07) is 20.8. The molecule has 36 heavy (non-hydrogen) atoms. The van der Waals surface area contributed by atoms with Gasteiger partial charge in [0, 0.05) is 18.8 Å². The number of rotatable bonds is 11. The van der Waals surface area contributed by atoms with Crippen LogP contribution in [0.3, 0.4) is 0 Å². The average molecular weight is 530 g/mol. The average Bonchev–Trinajstić information content (AvgIpc) is 2.88. The van der Waals surface area contributed by atoms with Crippen LogP contribution in [0.4, 0.5) is 11.4 Å². The van der Waals surface area contributed by atoms with Gasteiger partial charge in [0.25, 0.3) is 10.0 Å². The largest absolute Gasteiger partial charge is 0.325 e. The van der Waals surface area contributed by atoms with Crippen LogP contribution in [0.2, 0.25) is 0 Å². The van der Waals surface area contributed by atoms with Gasteiger partial charge in [-0.3, -0.25) is 9.10 Å². The van der Waals surface area contributed by atoms with Crippen LogP contribution in [0.5, 0.6) is 0 Å². The molecule has 10 heteroatoms. The Labute approximate surface area is 213 Å². The Hall–Kier alpha value is -3.21. The monoisotopic (exact) mass is 529 g/mol. The first-order chi connectivity index (χ1) is 17.1. The van der Waals surface area contributed by atoms with E-state index in [1.165, 1.54) is 40.7 Å². The number of carbonyl (C=O) groups is 1. The van der Waals surface area contributed by atoms with Crippen LogP contribution in [0.25, 0.3) is 0 Å². The van der Waals surface area contributed by atoms with Crippen LogP contribution in [0.1, 0.15) is 26.3 Å². The van der Waals surface area contributed by atoms with Crippen molar-refractivity contribution in [3.05, 3.63) is 84.4 Å². The Morgan fingerprint density at radius 2 is 1.28 bits per heavy atom. The van der Waals surface area contributed by atoms with Crippen LogP contribution < -0.4 is 9.62 Å². The van der Waals surface area contributed by atoms with Crippen LogP contribution in [0.15, 0.2) is 88.7 Å². The van der Waals surface area contributed by atoms with Crippen molar-refractivity contribution < 1.29 is 21.6 Å². The van der Waals surface area contributed by atoms with Crippen molar-refractivity contribution in [2.75, 3.05) is 29.3 Å². The second-order valence-corrected chi connectivity index (χ2v) is 11.8. The molecule has 0 atom stereocenters. The maximum atomic E-state index is 13.4. The normalized spacial score (nSPS) is 11.9. The Balaban J connectivity index is 1.85. The van der Waals surface area contributed by atoms with E-state index in [9.17, 15) is 21.6 Å². The molecule has 1 N–H and O–H groups in total. The molecule has 0 saturated carbocycles. The number of carbonyl (C=O) groups excluding carboxylic acids is 1. The third kappa shape index (κ3) is 6.13. The lowest BCUT2D eigenvalue weighted by Gasteiger charge is -2.24. The molecule has 0 saturated heterocycles. The highest BCUT2D eigenvalue weighted by molar-refractivity contribution is 7.92. The second-order valence-electron chi connectivity index (χ2n) is 8.01. The van der Waals surface area contributed by atoms with E-state index in [1.807, 2.05) is 19.1 Å². The fourth-order valence-electron chi connectivity index (χ4n) is 3.69. The Kier molecular flexibility index (Phi) is 8.89. The third-order valence-electron chi connectivity index (χ3n) is 5.73. The van der Waals surface area contributed by atoms with Crippen LogP contribution >= 0.6 is 0 Å². The number of hydrogen-bond donors (Lipinski definition) is 1. The predicted molar refractivity (Wildman–Crippen MR) is 142 cm³/mol. The summed E-state index contributed by atoms with van der Waals surface area (Å²) in [4.78, 5) is 13.1. The van der Waals surface area contributed by atoms with Crippen molar-refractivity contribution in [1.82, 2.24) is 4.31 Å². The van der Waals surface area contributed by atoms with Gasteiger partial charge in [-0.1, -0.05) is 51.1 Å². The standard InChI is InChI=1S/C26H31N3O5S2/c1-4-21-12-16-23(17-13-21)29(36(33,34)24-10-8-7-9-11-24)20-26(30)27-22-14-18-25(19-15-22)35(31,32)28(5-2)6-3/h7-19H,4-6,20H2,1-3H3,(H,27,30). The Morgan fingerprint density at radius 3 is 1.81 bits per heavy atom. The zero-order valence-corrected chi connectivity index (χ0v) is 22.2. The van der Waals surface area contributed by atoms with Crippen LogP contribution in [-0.2, 0) is 31.3 Å². The Morgan fingerprint density at radius 1 is 0.722 bits per heavy atom. The van der Waals surface area contributed by atoms with E-state index >= 15 is 0 Å². The predicted octanol–water partition coefficient (Wildman–Crippen LogP) is 4.11. The summed E-state index contributed by atoms with van der Waals surface area (Å²) >= 11 is 0. The second kappa shape index (κ2) is 11.7. The molecule has 8 nitrogen and oxygen atoms in total. The molecule has 0 bridgehead atoms. The van der Waals surface area contributed by atoms with Gasteiger partial charge in [-0.2, -0.15) is 4.31 Å². The molecule has 0 aliphatic carbocycles. The summed E-state index contributed by atoms with van der Waals surface area (Å²) < 4.78 is 54.6. The quantitative estimate of drug-likeness (QED) is 0.403. The van der Waals surface area contributed by atoms with Gasteiger partial charge < -0.3 is 5.32 Å². The molecule has 3 rings (SSSR count). The van der Waals surface area contributed by atoms with Gasteiger partial charge in [0.1, 0.15) is 6.54 Å². The van der Waals surface area contributed by atoms with E-state index in [-0.39, 0.29) is 9.79 Å². The molecule has 3 aromatic carbocycles. The maximum Gasteiger partial charge on any atom is 0.264 e. The number of anilines is 2. The van der Waals surface area contributed by atoms with Crippen molar-refractivity contribution in [3.63, 3.8) is 0 Å². The summed E-state index contributed by atoms with van der Waals surface area (Å²) in [6.07, 6.45) is 0.798. The highest BCUT2D eigenvalue weighted by Gasteiger charge is 2.27. The number of sulfonamides is 2. The van der Waals surface area contributed by atoms with Crippen molar-refractivity contribution in [1.29, 1.82) is 0 Å². The van der Waals surface area contributed by atoms with E-state index in [1.54, 1.807) is 44.2 Å². The first-order valence-electron chi connectivity index (χ1n) is 11.7. The number of amides is 1. The number of aryl methyl sites for hydroxylation is 1. The van der Waals surface area contributed by atoms with E-state index in [0.29, 0.717) is 24.5 Å². The third-order valence-corrected chi connectivity index (χ3v) is 9.58. The molecule has 0 heterocycles. The van der Waals surface area contributed by atoms with Gasteiger partial charge >= 0.3 is 0 Å². The van der Waals surface area contributed by atoms with E-state index < -0.39 is 32.5 Å². The zero-order valence-electron chi connectivity index (χ0n) is 20.6. The number of benzene rings is 3. The van der Waals surface area contributed by atoms with E-state index in [0.717, 1.165) is 16.3 Å². The number of nitrogens with zero attached hydrogens (tertiary/aromatic N) is 2. The zero-order chi connectivity index (χ0) is 26.3. The fourth-order valence-corrected chi connectivity index (χ4v) is 6.59. The molecule has 0 spiro atoms. The molecule has 1 amide bonds. The topological polar surface area (TPSA) is 104 Å². The maximum absolute atomic E-state index is 13.4. The van der Waals surface area contributed by atoms with Crippen LogP contribution in [-0.4, -0.2) is 46.7 Å². The van der Waals surface area contributed by atoms with Crippen LogP contribution in [0, 0.1) is 0 Å². The lowest BCUT2D eigenvalue weighted by molar-refractivity contribution is -0.114. The lowest BCUT2D eigenvalue weighted by atomic mass is 10.1. The molecule has 0 unspecified atom stereocenters. The highest BCUT2D eigenvalue weighted by Crippen LogP contribution is 2.25. The molecular weight excluding hydrogens is 498 g/mol. The molecule has 0 aromatic heterocycles. The summed E-state index contributed by atoms with van der Waals surface area (Å²) in [5.41, 5.74) is 1.77. The Bertz CT molecular complexity index is 1370. The van der Waals surface area contributed by atoms with Gasteiger partial charge in [-0.25, -0.2) is 16.8 Å². The summed E-state index contributed by atoms with van der Waals surface area (Å²) in [7, 11) is -7.64. The first-order valence-corrected chi connectivity index (χ1v) is 14.6. The molecule has 0 fully saturated rings. The molecular formula is C26H31N3O5S2.